The summed E-state index contributed by atoms with van der Waals surface area (Å²) in [6.45, 7) is 0. The minimum Gasteiger partial charge on any atom is -0.478 e. The van der Waals surface area contributed by atoms with Crippen LogP contribution < -0.4 is 6.15 Å². The fourth-order valence-corrected chi connectivity index (χ4v) is 0.795. The van der Waals surface area contributed by atoms with Gasteiger partial charge in [-0.2, -0.15) is 0 Å². The molecule has 1 rings (SSSR count). The van der Waals surface area contributed by atoms with Gasteiger partial charge >= 0.3 is 5.97 Å². The van der Waals surface area contributed by atoms with E-state index < -0.39 is 5.97 Å². The second kappa shape index (κ2) is 4.25. The molecule has 1 aromatic rings. The molecular formula is C8H9NO3. The number of carbonyl (C=O) groups excluding carboxylic acids is 1. The lowest BCUT2D eigenvalue weighted by Crippen LogP contribution is -2.00. The third-order valence-corrected chi connectivity index (χ3v) is 1.32. The van der Waals surface area contributed by atoms with Crippen molar-refractivity contribution >= 4 is 12.3 Å². The molecule has 0 aliphatic carbocycles. The van der Waals surface area contributed by atoms with Crippen molar-refractivity contribution in [2.24, 2.45) is 0 Å². The van der Waals surface area contributed by atoms with Crippen LogP contribution in [0.25, 0.3) is 0 Å². The zero-order valence-electron chi connectivity index (χ0n) is 6.36. The molecule has 0 aromatic heterocycles. The number of carbonyl (C=O) groups is 2. The first-order chi connectivity index (χ1) is 5.25. The van der Waals surface area contributed by atoms with Crippen LogP contribution in [0, 0.1) is 0 Å². The Morgan fingerprint density at radius 3 is 2.33 bits per heavy atom. The first-order valence-corrected chi connectivity index (χ1v) is 3.03. The van der Waals surface area contributed by atoms with Gasteiger partial charge in [-0.25, -0.2) is 4.79 Å². The van der Waals surface area contributed by atoms with Gasteiger partial charge in [0.25, 0.3) is 0 Å². The van der Waals surface area contributed by atoms with Gasteiger partial charge in [0.15, 0.2) is 6.29 Å². The number of carboxylic acids is 1. The second-order valence-corrected chi connectivity index (χ2v) is 2.01. The summed E-state index contributed by atoms with van der Waals surface area (Å²) in [6, 6.07) is 6.06. The molecule has 0 aliphatic rings. The topological polar surface area (TPSA) is 89.4 Å². The molecule has 0 radical (unpaired) electrons. The van der Waals surface area contributed by atoms with E-state index in [4.69, 9.17) is 5.11 Å². The van der Waals surface area contributed by atoms with Gasteiger partial charge in [0.05, 0.1) is 5.56 Å². The molecule has 0 amide bonds. The Morgan fingerprint density at radius 2 is 1.92 bits per heavy atom. The summed E-state index contributed by atoms with van der Waals surface area (Å²) >= 11 is 0. The molecule has 12 heavy (non-hydrogen) atoms. The van der Waals surface area contributed by atoms with E-state index in [-0.39, 0.29) is 17.3 Å². The SMILES string of the molecule is N.O=Cc1ccccc1C(=O)O. The standard InChI is InChI=1S/C8H6O3.H3N/c9-5-6-3-1-2-4-7(6)8(10)11;/h1-5H,(H,10,11);1H3. The van der Waals surface area contributed by atoms with Crippen LogP contribution in [0.4, 0.5) is 0 Å². The predicted octanol–water partition coefficient (Wildman–Crippen LogP) is 1.36. The van der Waals surface area contributed by atoms with E-state index in [9.17, 15) is 9.59 Å². The van der Waals surface area contributed by atoms with Crippen molar-refractivity contribution in [3.05, 3.63) is 35.4 Å². The molecule has 0 bridgehead atoms. The highest BCUT2D eigenvalue weighted by Crippen LogP contribution is 2.04. The molecule has 0 heterocycles. The lowest BCUT2D eigenvalue weighted by molar-refractivity contribution is 0.0694. The van der Waals surface area contributed by atoms with Crippen molar-refractivity contribution in [1.82, 2.24) is 6.15 Å². The summed E-state index contributed by atoms with van der Waals surface area (Å²) in [4.78, 5) is 20.7. The third kappa shape index (κ3) is 1.90. The van der Waals surface area contributed by atoms with Gasteiger partial charge < -0.3 is 11.3 Å². The lowest BCUT2D eigenvalue weighted by Gasteiger charge is -1.95. The van der Waals surface area contributed by atoms with Crippen LogP contribution in [-0.2, 0) is 0 Å². The van der Waals surface area contributed by atoms with Crippen LogP contribution in [0.15, 0.2) is 24.3 Å². The third-order valence-electron chi connectivity index (χ3n) is 1.32. The Kier molecular flexibility index (Phi) is 3.66. The maximum atomic E-state index is 10.4. The van der Waals surface area contributed by atoms with Crippen molar-refractivity contribution in [1.29, 1.82) is 0 Å². The van der Waals surface area contributed by atoms with E-state index in [1.54, 1.807) is 12.1 Å². The monoisotopic (exact) mass is 167 g/mol. The first-order valence-electron chi connectivity index (χ1n) is 3.03. The Balaban J connectivity index is 0.00000121. The largest absolute Gasteiger partial charge is 0.478 e. The molecular weight excluding hydrogens is 158 g/mol. The summed E-state index contributed by atoms with van der Waals surface area (Å²) in [5, 5.41) is 8.54. The number of hydrogen-bond donors (Lipinski definition) is 2. The summed E-state index contributed by atoms with van der Waals surface area (Å²) < 4.78 is 0. The normalized spacial score (nSPS) is 8.33. The molecule has 4 heteroatoms. The molecule has 0 saturated heterocycles. The van der Waals surface area contributed by atoms with Crippen LogP contribution in [0.3, 0.4) is 0 Å². The zero-order chi connectivity index (χ0) is 8.27. The van der Waals surface area contributed by atoms with E-state index in [0.717, 1.165) is 0 Å². The van der Waals surface area contributed by atoms with Crippen LogP contribution >= 0.6 is 0 Å². The fraction of sp³-hybridized carbons (Fsp3) is 0. The van der Waals surface area contributed by atoms with Crippen LogP contribution in [0.2, 0.25) is 0 Å². The molecule has 0 atom stereocenters. The molecule has 0 saturated carbocycles. The minimum atomic E-state index is -1.08. The predicted molar refractivity (Wildman–Crippen MR) is 43.8 cm³/mol. The number of hydrogen-bond acceptors (Lipinski definition) is 3. The Hall–Kier alpha value is -1.68. The van der Waals surface area contributed by atoms with E-state index >= 15 is 0 Å². The summed E-state index contributed by atoms with van der Waals surface area (Å²) in [5.74, 6) is -1.08. The first kappa shape index (κ1) is 10.3. The van der Waals surface area contributed by atoms with Crippen molar-refractivity contribution in [2.45, 2.75) is 0 Å². The molecule has 1 aromatic carbocycles. The molecule has 0 unspecified atom stereocenters. The number of benzene rings is 1. The highest BCUT2D eigenvalue weighted by molar-refractivity contribution is 5.96. The Bertz CT molecular complexity index is 296. The summed E-state index contributed by atoms with van der Waals surface area (Å²) in [7, 11) is 0. The molecule has 4 nitrogen and oxygen atoms in total. The highest BCUT2D eigenvalue weighted by atomic mass is 16.4. The van der Waals surface area contributed by atoms with E-state index in [2.05, 4.69) is 0 Å². The van der Waals surface area contributed by atoms with Crippen LogP contribution in [0.1, 0.15) is 20.7 Å². The maximum absolute atomic E-state index is 10.4. The van der Waals surface area contributed by atoms with Gasteiger partial charge in [0.1, 0.15) is 0 Å². The lowest BCUT2D eigenvalue weighted by atomic mass is 10.1. The Morgan fingerprint density at radius 1 is 1.33 bits per heavy atom. The number of aldehydes is 1. The van der Waals surface area contributed by atoms with Gasteiger partial charge in [-0.3, -0.25) is 4.79 Å². The van der Waals surface area contributed by atoms with Gasteiger partial charge in [-0.15, -0.1) is 0 Å². The number of carboxylic acid groups (broad SMARTS) is 1. The average Bonchev–Trinajstić information content (AvgIpc) is 2.04. The smallest absolute Gasteiger partial charge is 0.336 e. The van der Waals surface area contributed by atoms with Gasteiger partial charge in [-0.1, -0.05) is 18.2 Å². The molecule has 0 fully saturated rings. The van der Waals surface area contributed by atoms with Gasteiger partial charge in [-0.05, 0) is 6.07 Å². The van der Waals surface area contributed by atoms with Crippen molar-refractivity contribution in [2.75, 3.05) is 0 Å². The molecule has 4 N–H and O–H groups in total. The van der Waals surface area contributed by atoms with E-state index in [1.165, 1.54) is 12.1 Å². The van der Waals surface area contributed by atoms with Crippen molar-refractivity contribution in [3.63, 3.8) is 0 Å². The van der Waals surface area contributed by atoms with Crippen molar-refractivity contribution in [3.8, 4) is 0 Å². The maximum Gasteiger partial charge on any atom is 0.336 e. The van der Waals surface area contributed by atoms with Crippen LogP contribution in [0.5, 0.6) is 0 Å². The van der Waals surface area contributed by atoms with Crippen molar-refractivity contribution < 1.29 is 14.7 Å². The highest BCUT2D eigenvalue weighted by Gasteiger charge is 2.06. The van der Waals surface area contributed by atoms with Gasteiger partial charge in [0, 0.05) is 5.56 Å². The number of aromatic carboxylic acids is 1. The fourth-order valence-electron chi connectivity index (χ4n) is 0.795. The van der Waals surface area contributed by atoms with E-state index in [0.29, 0.717) is 6.29 Å². The quantitative estimate of drug-likeness (QED) is 0.650. The Labute approximate surface area is 69.4 Å². The number of rotatable bonds is 2. The second-order valence-electron chi connectivity index (χ2n) is 2.01. The van der Waals surface area contributed by atoms with E-state index in [1.807, 2.05) is 0 Å². The molecule has 64 valence electrons. The molecule has 0 spiro atoms. The summed E-state index contributed by atoms with van der Waals surface area (Å²) in [5.41, 5.74) is 0.252. The van der Waals surface area contributed by atoms with Crippen LogP contribution in [-0.4, -0.2) is 17.4 Å². The average molecular weight is 167 g/mol. The summed E-state index contributed by atoms with van der Waals surface area (Å²) in [6.07, 6.45) is 0.531. The minimum absolute atomic E-state index is 0. The van der Waals surface area contributed by atoms with Gasteiger partial charge in [0.2, 0.25) is 0 Å². The molecule has 0 aliphatic heterocycles. The zero-order valence-corrected chi connectivity index (χ0v) is 6.36.